The lowest BCUT2D eigenvalue weighted by Crippen LogP contribution is -2.26. The number of esters is 1. The summed E-state index contributed by atoms with van der Waals surface area (Å²) in [5, 5.41) is 8.92. The van der Waals surface area contributed by atoms with Gasteiger partial charge in [-0.05, 0) is 50.6 Å². The fraction of sp³-hybridized carbons (Fsp3) is 0.273. The number of aromatic nitrogens is 4. The highest BCUT2D eigenvalue weighted by molar-refractivity contribution is 6.69. The van der Waals surface area contributed by atoms with Crippen molar-refractivity contribution in [2.75, 3.05) is 25.1 Å². The average Bonchev–Trinajstić information content (AvgIpc) is 3.35. The second-order valence-electron chi connectivity index (χ2n) is 6.96. The van der Waals surface area contributed by atoms with E-state index in [9.17, 15) is 4.79 Å². The van der Waals surface area contributed by atoms with Crippen molar-refractivity contribution in [2.45, 2.75) is 20.8 Å². The van der Waals surface area contributed by atoms with E-state index in [0.29, 0.717) is 17.4 Å². The fourth-order valence-electron chi connectivity index (χ4n) is 3.43. The number of nitrogens with zero attached hydrogens (tertiary/aromatic N) is 7. The second kappa shape index (κ2) is 8.47. The maximum atomic E-state index is 12.3. The van der Waals surface area contributed by atoms with Crippen molar-refractivity contribution in [3.8, 4) is 5.82 Å². The third-order valence-electron chi connectivity index (χ3n) is 5.09. The number of benzene rings is 1. The number of pyridine rings is 1. The molecule has 3 heterocycles. The molecule has 0 aliphatic carbocycles. The van der Waals surface area contributed by atoms with E-state index in [4.69, 9.17) is 9.73 Å². The zero-order chi connectivity index (χ0) is 22.0. The molecule has 1 aliphatic heterocycles. The van der Waals surface area contributed by atoms with Crippen molar-refractivity contribution in [3.05, 3.63) is 60.3 Å². The number of carbonyl (C=O) groups is 1. The van der Waals surface area contributed by atoms with Gasteiger partial charge in [0, 0.05) is 31.0 Å². The van der Waals surface area contributed by atoms with Crippen molar-refractivity contribution in [1.82, 2.24) is 14.8 Å². The number of carbonyl (C=O) groups excluding carboxylic acids is 1. The first-order chi connectivity index (χ1) is 15.0. The van der Waals surface area contributed by atoms with Gasteiger partial charge >= 0.3 is 11.8 Å². The van der Waals surface area contributed by atoms with E-state index >= 15 is 0 Å². The summed E-state index contributed by atoms with van der Waals surface area (Å²) in [6.07, 6.45) is 3.34. The Morgan fingerprint density at radius 2 is 2.03 bits per heavy atom. The predicted molar refractivity (Wildman–Crippen MR) is 117 cm³/mol. The molecule has 158 valence electrons. The minimum atomic E-state index is -0.564. The molecule has 1 aromatic carbocycles. The Hall–Kier alpha value is -3.88. The number of hydrogen-bond donors (Lipinski definition) is 0. The molecule has 0 amide bonds. The predicted octanol–water partition coefficient (Wildman–Crippen LogP) is 2.22. The van der Waals surface area contributed by atoms with Gasteiger partial charge in [-0.15, -0.1) is 4.68 Å². The molecule has 3 aromatic rings. The van der Waals surface area contributed by atoms with E-state index in [1.54, 1.807) is 17.2 Å². The van der Waals surface area contributed by atoms with Gasteiger partial charge in [-0.1, -0.05) is 15.8 Å². The van der Waals surface area contributed by atoms with Crippen molar-refractivity contribution in [1.29, 1.82) is 0 Å². The second-order valence-corrected chi connectivity index (χ2v) is 6.96. The Labute approximate surface area is 180 Å². The van der Waals surface area contributed by atoms with Crippen molar-refractivity contribution in [3.63, 3.8) is 0 Å². The third-order valence-corrected chi connectivity index (χ3v) is 5.09. The van der Waals surface area contributed by atoms with Gasteiger partial charge in [0.25, 0.3) is 6.33 Å². The number of hydrogen-bond acceptors (Lipinski definition) is 7. The zero-order valence-electron chi connectivity index (χ0n) is 18.0. The smallest absolute Gasteiger partial charge is 0.362 e. The Balaban J connectivity index is 1.78. The highest BCUT2D eigenvalue weighted by Gasteiger charge is 2.38. The van der Waals surface area contributed by atoms with Crippen LogP contribution in [-0.4, -0.2) is 52.4 Å². The van der Waals surface area contributed by atoms with E-state index in [1.165, 1.54) is 11.8 Å². The van der Waals surface area contributed by atoms with Crippen LogP contribution >= 0.6 is 0 Å². The molecule has 0 unspecified atom stereocenters. The topological polar surface area (TPSA) is 88.9 Å². The van der Waals surface area contributed by atoms with Gasteiger partial charge in [0.15, 0.2) is 5.71 Å². The van der Waals surface area contributed by atoms with E-state index in [1.807, 2.05) is 37.3 Å². The third kappa shape index (κ3) is 3.81. The molecule has 31 heavy (non-hydrogen) atoms. The van der Waals surface area contributed by atoms with E-state index in [2.05, 4.69) is 40.0 Å². The molecule has 1 aliphatic rings. The van der Waals surface area contributed by atoms with Crippen LogP contribution < -0.4 is 9.58 Å². The quantitative estimate of drug-likeness (QED) is 0.452. The Morgan fingerprint density at radius 3 is 2.68 bits per heavy atom. The number of rotatable bonds is 6. The molecule has 9 nitrogen and oxygen atoms in total. The Kier molecular flexibility index (Phi) is 5.57. The largest absolute Gasteiger partial charge is 0.464 e. The number of anilines is 1. The van der Waals surface area contributed by atoms with Crippen LogP contribution in [0.4, 0.5) is 11.4 Å². The first kappa shape index (κ1) is 20.4. The molecule has 9 heteroatoms. The van der Waals surface area contributed by atoms with Gasteiger partial charge < -0.3 is 9.64 Å². The summed E-state index contributed by atoms with van der Waals surface area (Å²) in [4.78, 5) is 23.7. The monoisotopic (exact) mass is 418 g/mol. The first-order valence-electron chi connectivity index (χ1n) is 10.1. The summed E-state index contributed by atoms with van der Waals surface area (Å²) >= 11 is 0. The van der Waals surface area contributed by atoms with Crippen molar-refractivity contribution >= 4 is 28.8 Å². The molecule has 0 radical (unpaired) electrons. The van der Waals surface area contributed by atoms with Gasteiger partial charge in [0.1, 0.15) is 0 Å². The Bertz CT molecular complexity index is 1180. The average molecular weight is 418 g/mol. The summed E-state index contributed by atoms with van der Waals surface area (Å²) < 4.78 is 8.02. The van der Waals surface area contributed by atoms with Crippen LogP contribution in [-0.2, 0) is 9.53 Å². The van der Waals surface area contributed by atoms with Gasteiger partial charge in [-0.3, -0.25) is 0 Å². The minimum absolute atomic E-state index is 0.116. The molecule has 2 aromatic heterocycles. The number of aliphatic imine (C=N–C) groups is 1. The van der Waals surface area contributed by atoms with Crippen LogP contribution in [0.25, 0.3) is 5.82 Å². The van der Waals surface area contributed by atoms with Crippen LogP contribution in [0.2, 0.25) is 0 Å². The summed E-state index contributed by atoms with van der Waals surface area (Å²) in [5.41, 5.74) is 3.34. The van der Waals surface area contributed by atoms with Gasteiger partial charge in [-0.2, -0.15) is 0 Å². The molecule has 0 saturated carbocycles. The number of ether oxygens (including phenoxy) is 1. The lowest BCUT2D eigenvalue weighted by Gasteiger charge is -2.21. The number of fused-ring (bicyclic) bond motifs is 1. The number of methoxy groups -OCH3 is 1. The Morgan fingerprint density at radius 1 is 1.23 bits per heavy atom. The summed E-state index contributed by atoms with van der Waals surface area (Å²) in [5.74, 6) is 0.516. The lowest BCUT2D eigenvalue weighted by atomic mass is 10.1. The summed E-state index contributed by atoms with van der Waals surface area (Å²) in [6, 6.07) is 11.6. The lowest BCUT2D eigenvalue weighted by molar-refractivity contribution is -0.677. The maximum absolute atomic E-state index is 12.3. The minimum Gasteiger partial charge on any atom is -0.464 e. The number of aryl methyl sites for hydroxylation is 1. The van der Waals surface area contributed by atoms with Crippen molar-refractivity contribution in [2.24, 2.45) is 10.1 Å². The molecule has 0 saturated heterocycles. The summed E-state index contributed by atoms with van der Waals surface area (Å²) in [7, 11) is 1.32. The first-order valence-corrected chi connectivity index (χ1v) is 10.1. The van der Waals surface area contributed by atoms with Gasteiger partial charge in [0.05, 0.1) is 17.9 Å². The molecular weight excluding hydrogens is 394 g/mol. The molecule has 0 atom stereocenters. The van der Waals surface area contributed by atoms with Crippen molar-refractivity contribution < 1.29 is 14.2 Å². The van der Waals surface area contributed by atoms with Gasteiger partial charge in [0.2, 0.25) is 11.5 Å². The van der Waals surface area contributed by atoms with Crippen LogP contribution in [0.15, 0.2) is 59.0 Å². The molecule has 0 bridgehead atoms. The molecule has 4 rings (SSSR count). The van der Waals surface area contributed by atoms with E-state index in [-0.39, 0.29) is 5.71 Å². The highest BCUT2D eigenvalue weighted by Crippen LogP contribution is 2.26. The molecule has 0 fully saturated rings. The summed E-state index contributed by atoms with van der Waals surface area (Å²) in [6.45, 7) is 8.10. The highest BCUT2D eigenvalue weighted by atomic mass is 16.5. The van der Waals surface area contributed by atoms with Gasteiger partial charge in [-0.25, -0.2) is 14.8 Å². The normalized spacial score (nSPS) is 13.8. The van der Waals surface area contributed by atoms with E-state index in [0.717, 1.165) is 30.0 Å². The standard InChI is InChI=1S/C22H24N7O2/c1-5-27(6-2)16-10-11-17(15(3)13-16)24-19-20(22(30)31-4)25-29-14-28(26-21(19)29)18-9-7-8-12-23-18/h7-14H,5-6H2,1-4H3/q+1. The SMILES string of the molecule is CCN(CC)c1ccc(N=C2C(C(=O)OC)=N[n+]3cn(-c4ccccn4)nc32)c(C)c1. The van der Waals surface area contributed by atoms with Crippen LogP contribution in [0.3, 0.4) is 0 Å². The van der Waals surface area contributed by atoms with E-state index < -0.39 is 5.97 Å². The molecule has 0 spiro atoms. The zero-order valence-corrected chi connectivity index (χ0v) is 18.0. The maximum Gasteiger partial charge on any atom is 0.362 e. The molecule has 0 N–H and O–H groups in total. The van der Waals surface area contributed by atoms with Crippen LogP contribution in [0.5, 0.6) is 0 Å². The molecular formula is C22H24N7O2+. The van der Waals surface area contributed by atoms with Crippen LogP contribution in [0.1, 0.15) is 25.2 Å². The van der Waals surface area contributed by atoms with Crippen LogP contribution in [0, 0.1) is 6.92 Å². The fourth-order valence-corrected chi connectivity index (χ4v) is 3.43.